The molecule has 2 saturated heterocycles. The summed E-state index contributed by atoms with van der Waals surface area (Å²) in [4.78, 5) is 37.7. The fourth-order valence-corrected chi connectivity index (χ4v) is 5.43. The lowest BCUT2D eigenvalue weighted by atomic mass is 9.89. The van der Waals surface area contributed by atoms with Crippen LogP contribution in [0.4, 0.5) is 4.79 Å². The van der Waals surface area contributed by atoms with Gasteiger partial charge >= 0.3 is 5.97 Å². The second-order valence-corrected chi connectivity index (χ2v) is 9.55. The van der Waals surface area contributed by atoms with Crippen molar-refractivity contribution in [3.8, 4) is 0 Å². The zero-order valence-electron chi connectivity index (χ0n) is 17.8. The van der Waals surface area contributed by atoms with Gasteiger partial charge in [-0.2, -0.15) is 0 Å². The Morgan fingerprint density at radius 2 is 2.07 bits per heavy atom. The number of hydrogen-bond acceptors (Lipinski definition) is 7. The number of hydrogen-bond donors (Lipinski definition) is 1. The second-order valence-electron chi connectivity index (χ2n) is 8.58. The van der Waals surface area contributed by atoms with Crippen molar-refractivity contribution in [2.24, 2.45) is 5.92 Å². The van der Waals surface area contributed by atoms with Gasteiger partial charge in [0.25, 0.3) is 5.24 Å². The van der Waals surface area contributed by atoms with Crippen LogP contribution in [0.3, 0.4) is 0 Å². The van der Waals surface area contributed by atoms with Gasteiger partial charge in [0.15, 0.2) is 5.79 Å². The molecule has 0 saturated carbocycles. The Kier molecular flexibility index (Phi) is 7.42. The van der Waals surface area contributed by atoms with E-state index in [2.05, 4.69) is 19.1 Å². The first kappa shape index (κ1) is 23.0. The quantitative estimate of drug-likeness (QED) is 0.495. The van der Waals surface area contributed by atoms with Gasteiger partial charge in [0.1, 0.15) is 12.1 Å². The van der Waals surface area contributed by atoms with Crippen LogP contribution in [0.1, 0.15) is 59.3 Å². The van der Waals surface area contributed by atoms with Crippen molar-refractivity contribution in [3.05, 3.63) is 23.8 Å². The second kappa shape index (κ2) is 9.66. The van der Waals surface area contributed by atoms with E-state index in [1.807, 2.05) is 6.92 Å². The number of nitrogens with zero attached hydrogens (tertiary/aromatic N) is 1. The molecule has 3 aliphatic rings. The van der Waals surface area contributed by atoms with Crippen LogP contribution in [-0.2, 0) is 19.1 Å². The van der Waals surface area contributed by atoms with E-state index in [1.165, 1.54) is 13.0 Å². The van der Waals surface area contributed by atoms with Crippen molar-refractivity contribution in [2.75, 3.05) is 5.75 Å². The van der Waals surface area contributed by atoms with Gasteiger partial charge in [-0.15, -0.1) is 0 Å². The number of carbonyl (C=O) groups is 3. The lowest BCUT2D eigenvalue weighted by Gasteiger charge is -2.45. The summed E-state index contributed by atoms with van der Waals surface area (Å²) >= 11 is 0.991. The highest BCUT2D eigenvalue weighted by atomic mass is 32.2. The molecule has 0 aromatic rings. The van der Waals surface area contributed by atoms with E-state index in [9.17, 15) is 19.5 Å². The van der Waals surface area contributed by atoms with Crippen LogP contribution in [0.5, 0.6) is 0 Å². The third kappa shape index (κ3) is 5.53. The molecule has 0 aromatic carbocycles. The number of imide groups is 1. The highest BCUT2D eigenvalue weighted by Crippen LogP contribution is 2.40. The first-order chi connectivity index (χ1) is 14.2. The van der Waals surface area contributed by atoms with E-state index in [1.54, 1.807) is 0 Å². The predicted octanol–water partition coefficient (Wildman–Crippen LogP) is 3.56. The molecule has 30 heavy (non-hydrogen) atoms. The van der Waals surface area contributed by atoms with Crippen molar-refractivity contribution >= 4 is 28.9 Å². The summed E-state index contributed by atoms with van der Waals surface area (Å²) < 4.78 is 11.8. The zero-order chi connectivity index (χ0) is 21.9. The molecule has 0 unspecified atom stereocenters. The summed E-state index contributed by atoms with van der Waals surface area (Å²) in [6.07, 6.45) is 8.64. The Bertz CT molecular complexity index is 750. The molecular weight excluding hydrogens is 406 g/mol. The third-order valence-corrected chi connectivity index (χ3v) is 6.84. The number of esters is 1. The van der Waals surface area contributed by atoms with Crippen molar-refractivity contribution in [2.45, 2.75) is 83.3 Å². The van der Waals surface area contributed by atoms with Crippen LogP contribution in [0.2, 0.25) is 0 Å². The molecule has 0 radical (unpaired) electrons. The number of fused-ring (bicyclic) bond motifs is 2. The third-order valence-electron chi connectivity index (χ3n) is 5.91. The van der Waals surface area contributed by atoms with Gasteiger partial charge in [-0.1, -0.05) is 36.4 Å². The van der Waals surface area contributed by atoms with E-state index >= 15 is 0 Å². The Labute approximate surface area is 181 Å². The average molecular weight is 438 g/mol. The molecule has 2 bridgehead atoms. The van der Waals surface area contributed by atoms with Gasteiger partial charge in [0.2, 0.25) is 5.91 Å². The minimum atomic E-state index is -1.74. The van der Waals surface area contributed by atoms with E-state index in [0.29, 0.717) is 18.8 Å². The molecule has 3 heterocycles. The number of ether oxygens (including phenoxy) is 2. The average Bonchev–Trinajstić information content (AvgIpc) is 3.05. The van der Waals surface area contributed by atoms with Crippen LogP contribution < -0.4 is 0 Å². The van der Waals surface area contributed by atoms with Gasteiger partial charge in [0.05, 0.1) is 6.10 Å². The summed E-state index contributed by atoms with van der Waals surface area (Å²) in [7, 11) is 0. The predicted molar refractivity (Wildman–Crippen MR) is 114 cm³/mol. The van der Waals surface area contributed by atoms with E-state index in [0.717, 1.165) is 41.5 Å². The highest BCUT2D eigenvalue weighted by molar-refractivity contribution is 8.14. The number of aliphatic hydroxyl groups is 1. The van der Waals surface area contributed by atoms with Gasteiger partial charge < -0.3 is 14.6 Å². The topological polar surface area (TPSA) is 93.1 Å². The summed E-state index contributed by atoms with van der Waals surface area (Å²) in [5.74, 6) is -2.00. The molecule has 0 aromatic heterocycles. The van der Waals surface area contributed by atoms with Crippen molar-refractivity contribution < 1.29 is 29.0 Å². The molecule has 0 spiro atoms. The first-order valence-electron chi connectivity index (χ1n) is 10.6. The molecule has 8 heteroatoms. The molecule has 3 aliphatic heterocycles. The first-order valence-corrected chi connectivity index (χ1v) is 11.6. The van der Waals surface area contributed by atoms with Gasteiger partial charge in [-0.3, -0.25) is 14.5 Å². The number of thioether (sulfide) groups is 1. The van der Waals surface area contributed by atoms with Crippen LogP contribution in [0.15, 0.2) is 23.8 Å². The fraction of sp³-hybridized carbons (Fsp3) is 0.682. The van der Waals surface area contributed by atoms with Crippen molar-refractivity contribution in [3.63, 3.8) is 0 Å². The number of amides is 2. The Hall–Kier alpha value is -1.64. The minimum Gasteiger partial charge on any atom is -0.459 e. The smallest absolute Gasteiger partial charge is 0.330 e. The molecule has 5 atom stereocenters. The highest BCUT2D eigenvalue weighted by Gasteiger charge is 2.54. The van der Waals surface area contributed by atoms with Crippen LogP contribution in [0, 0.1) is 5.92 Å². The van der Waals surface area contributed by atoms with E-state index in [4.69, 9.17) is 9.47 Å². The Balaban J connectivity index is 1.85. The maximum absolute atomic E-state index is 12.4. The molecule has 2 amide bonds. The maximum atomic E-state index is 12.4. The summed E-state index contributed by atoms with van der Waals surface area (Å²) in [5.41, 5.74) is 0.939. The van der Waals surface area contributed by atoms with Gasteiger partial charge in [-0.25, -0.2) is 4.79 Å². The van der Waals surface area contributed by atoms with Crippen LogP contribution in [0.25, 0.3) is 0 Å². The van der Waals surface area contributed by atoms with E-state index < -0.39 is 29.8 Å². The molecule has 1 N–H and O–H groups in total. The molecule has 166 valence electrons. The summed E-state index contributed by atoms with van der Waals surface area (Å²) in [6, 6.07) is -0.801. The fourth-order valence-electron chi connectivity index (χ4n) is 4.33. The number of carbonyl (C=O) groups excluding carboxylic acids is 3. The minimum absolute atomic E-state index is 0.0276. The summed E-state index contributed by atoms with van der Waals surface area (Å²) in [5, 5.41) is 11.0. The lowest BCUT2D eigenvalue weighted by Crippen LogP contribution is -2.60. The molecule has 0 aliphatic carbocycles. The Morgan fingerprint density at radius 1 is 1.30 bits per heavy atom. The number of rotatable bonds is 1. The largest absolute Gasteiger partial charge is 0.459 e. The maximum Gasteiger partial charge on any atom is 0.330 e. The van der Waals surface area contributed by atoms with Gasteiger partial charge in [0, 0.05) is 31.6 Å². The van der Waals surface area contributed by atoms with Gasteiger partial charge in [-0.05, 0) is 38.5 Å². The SMILES string of the molecule is CC(=O)N1C(=O)SC[C@H]1[C@@]1(O)C[C@H]2C[C@@H](CC[C@H](C)/C=C\CC/C(C)=C\C(=O)O2)O1. The van der Waals surface area contributed by atoms with Crippen LogP contribution >= 0.6 is 11.8 Å². The summed E-state index contributed by atoms with van der Waals surface area (Å²) in [6.45, 7) is 5.35. The van der Waals surface area contributed by atoms with Crippen molar-refractivity contribution in [1.29, 1.82) is 0 Å². The zero-order valence-corrected chi connectivity index (χ0v) is 18.7. The van der Waals surface area contributed by atoms with E-state index in [-0.39, 0.29) is 23.5 Å². The van der Waals surface area contributed by atoms with Crippen LogP contribution in [-0.4, -0.2) is 56.9 Å². The number of allylic oxidation sites excluding steroid dienone is 3. The Morgan fingerprint density at radius 3 is 2.80 bits per heavy atom. The monoisotopic (exact) mass is 437 g/mol. The van der Waals surface area contributed by atoms with Crippen molar-refractivity contribution in [1.82, 2.24) is 4.90 Å². The molecule has 7 nitrogen and oxygen atoms in total. The molecule has 3 rings (SSSR count). The molecular formula is C22H31NO6S. The molecule has 2 fully saturated rings. The standard InChI is InChI=1S/C22H31NO6S/c1-14-6-4-5-7-15(2)10-20(25)28-18-11-17(9-8-14)29-22(27,12-18)19-13-30-21(26)23(19)16(3)24/h4,6,10,14,17-19,27H,5,7-9,11-13H2,1-3H3/b6-4-,15-10-/t14-,17-,18-,19+,22-/m1/s1. The normalized spacial score (nSPS) is 38.9. The lowest BCUT2D eigenvalue weighted by molar-refractivity contribution is -0.292.